The standard InChI is InChI=1S/C17H16N2O4S/c1-3-13(17(21)22)19-9-18-15-14(16(19)20)12(8-24-15)10-4-6-11(23-2)7-5-10/h4-9,13H,3H2,1-2H3,(H,21,22)/t13-/m0/s1. The third-order valence-corrected chi connectivity index (χ3v) is 4.81. The highest BCUT2D eigenvalue weighted by Crippen LogP contribution is 2.31. The van der Waals surface area contributed by atoms with Crippen molar-refractivity contribution in [2.45, 2.75) is 19.4 Å². The molecule has 0 radical (unpaired) electrons. The number of aromatic nitrogens is 2. The number of ether oxygens (including phenoxy) is 1. The van der Waals surface area contributed by atoms with Crippen LogP contribution in [0.4, 0.5) is 0 Å². The lowest BCUT2D eigenvalue weighted by Crippen LogP contribution is -2.29. The van der Waals surface area contributed by atoms with Crippen molar-refractivity contribution in [3.05, 3.63) is 46.3 Å². The number of fused-ring (bicyclic) bond motifs is 1. The van der Waals surface area contributed by atoms with Gasteiger partial charge in [0, 0.05) is 10.9 Å². The van der Waals surface area contributed by atoms with Crippen molar-refractivity contribution in [1.82, 2.24) is 9.55 Å². The predicted molar refractivity (Wildman–Crippen MR) is 92.8 cm³/mol. The molecular weight excluding hydrogens is 328 g/mol. The lowest BCUT2D eigenvalue weighted by molar-refractivity contribution is -0.141. The summed E-state index contributed by atoms with van der Waals surface area (Å²) in [6.45, 7) is 1.73. The maximum atomic E-state index is 12.9. The van der Waals surface area contributed by atoms with Crippen LogP contribution in [-0.4, -0.2) is 27.7 Å². The van der Waals surface area contributed by atoms with Gasteiger partial charge in [0.05, 0.1) is 18.8 Å². The SMILES string of the molecule is CC[C@@H](C(=O)O)n1cnc2scc(-c3ccc(OC)cc3)c2c1=O. The van der Waals surface area contributed by atoms with E-state index in [0.29, 0.717) is 16.6 Å². The van der Waals surface area contributed by atoms with Crippen LogP contribution in [0.15, 0.2) is 40.8 Å². The van der Waals surface area contributed by atoms with Gasteiger partial charge in [-0.3, -0.25) is 9.36 Å². The van der Waals surface area contributed by atoms with Crippen molar-refractivity contribution in [2.24, 2.45) is 0 Å². The molecule has 1 atom stereocenters. The maximum Gasteiger partial charge on any atom is 0.326 e. The van der Waals surface area contributed by atoms with Crippen LogP contribution < -0.4 is 10.3 Å². The van der Waals surface area contributed by atoms with Crippen LogP contribution in [0.1, 0.15) is 19.4 Å². The molecule has 24 heavy (non-hydrogen) atoms. The van der Waals surface area contributed by atoms with E-state index in [-0.39, 0.29) is 5.56 Å². The van der Waals surface area contributed by atoms with E-state index >= 15 is 0 Å². The number of aliphatic carboxylic acids is 1. The zero-order chi connectivity index (χ0) is 17.3. The van der Waals surface area contributed by atoms with Gasteiger partial charge in [-0.25, -0.2) is 9.78 Å². The van der Waals surface area contributed by atoms with Crippen molar-refractivity contribution >= 4 is 27.5 Å². The smallest absolute Gasteiger partial charge is 0.326 e. The minimum absolute atomic E-state index is 0.310. The Kier molecular flexibility index (Phi) is 4.35. The van der Waals surface area contributed by atoms with E-state index < -0.39 is 12.0 Å². The van der Waals surface area contributed by atoms with E-state index in [1.54, 1.807) is 14.0 Å². The van der Waals surface area contributed by atoms with Crippen molar-refractivity contribution in [3.63, 3.8) is 0 Å². The summed E-state index contributed by atoms with van der Waals surface area (Å²) in [5, 5.41) is 11.6. The largest absolute Gasteiger partial charge is 0.497 e. The van der Waals surface area contributed by atoms with Gasteiger partial charge < -0.3 is 9.84 Å². The predicted octanol–water partition coefficient (Wildman–Crippen LogP) is 3.17. The molecule has 0 unspecified atom stereocenters. The first-order chi connectivity index (χ1) is 11.6. The van der Waals surface area contributed by atoms with Gasteiger partial charge in [-0.2, -0.15) is 0 Å². The zero-order valence-corrected chi connectivity index (χ0v) is 14.0. The molecule has 3 aromatic rings. The van der Waals surface area contributed by atoms with Crippen LogP contribution in [0.3, 0.4) is 0 Å². The second kappa shape index (κ2) is 6.45. The Balaban J connectivity index is 2.20. The molecule has 1 aromatic carbocycles. The first-order valence-electron chi connectivity index (χ1n) is 7.42. The second-order valence-electron chi connectivity index (χ2n) is 5.28. The van der Waals surface area contributed by atoms with Crippen molar-refractivity contribution in [2.75, 3.05) is 7.11 Å². The molecule has 7 heteroatoms. The van der Waals surface area contributed by atoms with Crippen molar-refractivity contribution in [1.29, 1.82) is 0 Å². The molecule has 0 saturated carbocycles. The monoisotopic (exact) mass is 344 g/mol. The Labute approximate surface area is 142 Å². The summed E-state index contributed by atoms with van der Waals surface area (Å²) in [6.07, 6.45) is 1.63. The Hall–Kier alpha value is -2.67. The van der Waals surface area contributed by atoms with Gasteiger partial charge in [-0.1, -0.05) is 19.1 Å². The molecule has 0 bridgehead atoms. The Bertz CT molecular complexity index is 943. The average molecular weight is 344 g/mol. The molecule has 0 spiro atoms. The van der Waals surface area contributed by atoms with Crippen LogP contribution in [0.5, 0.6) is 5.75 Å². The number of hydrogen-bond donors (Lipinski definition) is 1. The first kappa shape index (κ1) is 16.2. The molecule has 1 N–H and O–H groups in total. The Morgan fingerprint density at radius 2 is 2.08 bits per heavy atom. The van der Waals surface area contributed by atoms with Crippen LogP contribution in [0, 0.1) is 0 Å². The van der Waals surface area contributed by atoms with Crippen LogP contribution in [-0.2, 0) is 4.79 Å². The van der Waals surface area contributed by atoms with Gasteiger partial charge in [-0.15, -0.1) is 11.3 Å². The number of methoxy groups -OCH3 is 1. The second-order valence-corrected chi connectivity index (χ2v) is 6.14. The van der Waals surface area contributed by atoms with Gasteiger partial charge in [0.2, 0.25) is 0 Å². The fourth-order valence-electron chi connectivity index (χ4n) is 2.64. The van der Waals surface area contributed by atoms with E-state index in [4.69, 9.17) is 4.74 Å². The quantitative estimate of drug-likeness (QED) is 0.769. The minimum atomic E-state index is -1.04. The third kappa shape index (κ3) is 2.67. The van der Waals surface area contributed by atoms with Gasteiger partial charge in [0.25, 0.3) is 5.56 Å². The number of rotatable bonds is 5. The molecule has 0 aliphatic rings. The van der Waals surface area contributed by atoms with Gasteiger partial charge >= 0.3 is 5.97 Å². The molecule has 2 heterocycles. The molecule has 0 fully saturated rings. The molecular formula is C17H16N2O4S. The summed E-state index contributed by atoms with van der Waals surface area (Å²) in [7, 11) is 1.59. The zero-order valence-electron chi connectivity index (χ0n) is 13.2. The molecule has 0 amide bonds. The maximum absolute atomic E-state index is 12.9. The highest BCUT2D eigenvalue weighted by atomic mass is 32.1. The first-order valence-corrected chi connectivity index (χ1v) is 8.30. The number of carbonyl (C=O) groups is 1. The molecule has 0 aliphatic heterocycles. The van der Waals surface area contributed by atoms with E-state index in [2.05, 4.69) is 4.98 Å². The normalized spacial score (nSPS) is 12.2. The summed E-state index contributed by atoms with van der Waals surface area (Å²) in [5.74, 6) is -0.312. The summed E-state index contributed by atoms with van der Waals surface area (Å²) in [4.78, 5) is 29.1. The van der Waals surface area contributed by atoms with Crippen molar-refractivity contribution < 1.29 is 14.6 Å². The molecule has 3 rings (SSSR count). The van der Waals surface area contributed by atoms with Crippen LogP contribution in [0.2, 0.25) is 0 Å². The molecule has 6 nitrogen and oxygen atoms in total. The highest BCUT2D eigenvalue weighted by molar-refractivity contribution is 7.17. The molecule has 0 aliphatic carbocycles. The van der Waals surface area contributed by atoms with Crippen LogP contribution in [0.25, 0.3) is 21.3 Å². The number of benzene rings is 1. The number of carboxylic acids is 1. The molecule has 0 saturated heterocycles. The number of nitrogens with zero attached hydrogens (tertiary/aromatic N) is 2. The fraction of sp³-hybridized carbons (Fsp3) is 0.235. The lowest BCUT2D eigenvalue weighted by Gasteiger charge is -2.13. The highest BCUT2D eigenvalue weighted by Gasteiger charge is 2.21. The summed E-state index contributed by atoms with van der Waals surface area (Å²) in [6, 6.07) is 6.45. The lowest BCUT2D eigenvalue weighted by atomic mass is 10.1. The van der Waals surface area contributed by atoms with Gasteiger partial charge in [0.1, 0.15) is 16.6 Å². The summed E-state index contributed by atoms with van der Waals surface area (Å²) >= 11 is 1.37. The summed E-state index contributed by atoms with van der Waals surface area (Å²) < 4.78 is 6.35. The molecule has 2 aromatic heterocycles. The van der Waals surface area contributed by atoms with Crippen molar-refractivity contribution in [3.8, 4) is 16.9 Å². The van der Waals surface area contributed by atoms with Gasteiger partial charge in [0.15, 0.2) is 0 Å². The van der Waals surface area contributed by atoms with E-state index in [1.807, 2.05) is 29.6 Å². The Morgan fingerprint density at radius 1 is 1.38 bits per heavy atom. The number of carboxylic acid groups (broad SMARTS) is 1. The Morgan fingerprint density at radius 3 is 2.67 bits per heavy atom. The number of hydrogen-bond acceptors (Lipinski definition) is 5. The fourth-order valence-corrected chi connectivity index (χ4v) is 3.55. The third-order valence-electron chi connectivity index (χ3n) is 3.93. The number of thiophene rings is 1. The van der Waals surface area contributed by atoms with Gasteiger partial charge in [-0.05, 0) is 24.1 Å². The van der Waals surface area contributed by atoms with E-state index in [0.717, 1.165) is 16.9 Å². The summed E-state index contributed by atoms with van der Waals surface area (Å²) in [5.41, 5.74) is 1.29. The molecule has 124 valence electrons. The minimum Gasteiger partial charge on any atom is -0.497 e. The average Bonchev–Trinajstić information content (AvgIpc) is 3.02. The van der Waals surface area contributed by atoms with E-state index in [1.165, 1.54) is 22.2 Å². The van der Waals surface area contributed by atoms with Crippen LogP contribution >= 0.6 is 11.3 Å². The topological polar surface area (TPSA) is 81.4 Å². The van der Waals surface area contributed by atoms with E-state index in [9.17, 15) is 14.7 Å².